The average molecular weight is 313 g/mol. The molecule has 0 atom stereocenters. The van der Waals surface area contributed by atoms with Crippen molar-refractivity contribution in [2.75, 3.05) is 0 Å². The lowest BCUT2D eigenvalue weighted by molar-refractivity contribution is 1.57. The van der Waals surface area contributed by atoms with E-state index in [9.17, 15) is 0 Å². The van der Waals surface area contributed by atoms with Crippen LogP contribution in [0.15, 0.2) is 83.2 Å². The van der Waals surface area contributed by atoms with Crippen LogP contribution in [0.4, 0.5) is 0 Å². The van der Waals surface area contributed by atoms with E-state index in [2.05, 4.69) is 15.9 Å². The van der Waals surface area contributed by atoms with Gasteiger partial charge in [-0.15, -0.1) is 0 Å². The fourth-order valence-electron chi connectivity index (χ4n) is 2.00. The fraction of sp³-hybridized carbons (Fsp3) is 0. The number of halogens is 1. The number of benzene rings is 3. The van der Waals surface area contributed by atoms with Crippen LogP contribution in [-0.2, 0) is 0 Å². The van der Waals surface area contributed by atoms with Crippen LogP contribution in [0.5, 0.6) is 0 Å². The Labute approximate surface area is 127 Å². The first-order valence-corrected chi connectivity index (χ1v) is 6.72. The summed E-state index contributed by atoms with van der Waals surface area (Å²) in [4.78, 5) is 0. The van der Waals surface area contributed by atoms with E-state index in [1.165, 1.54) is 0 Å². The number of hydrogen-bond acceptors (Lipinski definition) is 0. The second kappa shape index (κ2) is 5.41. The lowest BCUT2D eigenvalue weighted by atomic mass is 9.95. The van der Waals surface area contributed by atoms with Crippen LogP contribution in [0, 0.1) is 0 Å². The van der Waals surface area contributed by atoms with E-state index in [0.717, 1.165) is 11.1 Å². The minimum atomic E-state index is -0.0659. The first-order valence-electron chi connectivity index (χ1n) is 7.93. The van der Waals surface area contributed by atoms with Crippen LogP contribution in [0.1, 0.15) is 5.48 Å². The molecule has 3 aromatic rings. The van der Waals surface area contributed by atoms with E-state index in [1.807, 2.05) is 54.6 Å². The van der Waals surface area contributed by atoms with Crippen LogP contribution in [0.3, 0.4) is 0 Å². The highest BCUT2D eigenvalue weighted by molar-refractivity contribution is 9.10. The van der Waals surface area contributed by atoms with Crippen molar-refractivity contribution in [1.82, 2.24) is 0 Å². The van der Waals surface area contributed by atoms with Gasteiger partial charge in [0.05, 0.1) is 5.48 Å². The molecule has 3 rings (SSSR count). The van der Waals surface area contributed by atoms with Crippen LogP contribution >= 0.6 is 15.9 Å². The molecule has 0 unspecified atom stereocenters. The molecule has 0 aromatic heterocycles. The summed E-state index contributed by atoms with van der Waals surface area (Å²) in [6.07, 6.45) is 0. The van der Waals surface area contributed by atoms with Crippen LogP contribution in [-0.4, -0.2) is 0 Å². The molecule has 0 fully saturated rings. The maximum atomic E-state index is 8.25. The topological polar surface area (TPSA) is 0 Å². The fourth-order valence-corrected chi connectivity index (χ4v) is 2.20. The minimum Gasteiger partial charge on any atom is -0.0622 e. The van der Waals surface area contributed by atoms with Gasteiger partial charge in [-0.2, -0.15) is 0 Å². The van der Waals surface area contributed by atoms with Crippen molar-refractivity contribution in [1.29, 1.82) is 0 Å². The molecule has 0 heterocycles. The zero-order valence-electron chi connectivity index (χ0n) is 14.1. The molecule has 0 spiro atoms. The monoisotopic (exact) mass is 312 g/mol. The van der Waals surface area contributed by atoms with E-state index in [1.54, 1.807) is 0 Å². The summed E-state index contributed by atoms with van der Waals surface area (Å²) < 4.78 is 32.7. The van der Waals surface area contributed by atoms with Crippen molar-refractivity contribution in [3.8, 4) is 22.3 Å². The van der Waals surface area contributed by atoms with Crippen LogP contribution in [0.2, 0.25) is 0 Å². The second-order valence-electron chi connectivity index (χ2n) is 4.10. The van der Waals surface area contributed by atoms with Crippen molar-refractivity contribution in [3.05, 3.63) is 83.2 Å². The second-order valence-corrected chi connectivity index (χ2v) is 4.89. The predicted octanol–water partition coefficient (Wildman–Crippen LogP) is 5.78. The Balaban J connectivity index is 2.34. The molecule has 0 aliphatic heterocycles. The smallest absolute Gasteiger partial charge is 0.0622 e. The molecule has 0 N–H and O–H groups in total. The highest BCUT2D eigenvalue weighted by Crippen LogP contribution is 2.32. The lowest BCUT2D eigenvalue weighted by Gasteiger charge is -2.10. The van der Waals surface area contributed by atoms with Crippen LogP contribution < -0.4 is 0 Å². The standard InChI is InChI=1S/C18H13Br/c19-16-12-10-15(11-13-16)18-9-5-4-8-17(18)14-6-2-1-3-7-14/h1-13H/i10D,11D,12D,13D. The molecule has 0 aliphatic carbocycles. The van der Waals surface area contributed by atoms with Gasteiger partial charge >= 0.3 is 0 Å². The molecule has 0 saturated carbocycles. The minimum absolute atomic E-state index is 0.0405. The molecular weight excluding hydrogens is 296 g/mol. The van der Waals surface area contributed by atoms with Gasteiger partial charge in [0.25, 0.3) is 0 Å². The third-order valence-corrected chi connectivity index (χ3v) is 3.27. The Morgan fingerprint density at radius 1 is 0.632 bits per heavy atom. The van der Waals surface area contributed by atoms with E-state index in [0.29, 0.717) is 11.1 Å². The molecule has 0 saturated heterocycles. The molecule has 0 aliphatic rings. The Hall–Kier alpha value is -1.86. The predicted molar refractivity (Wildman–Crippen MR) is 85.0 cm³/mol. The summed E-state index contributed by atoms with van der Waals surface area (Å²) >= 11 is 3.14. The molecule has 3 aromatic carbocycles. The van der Waals surface area contributed by atoms with Crippen molar-refractivity contribution < 1.29 is 5.48 Å². The maximum absolute atomic E-state index is 8.25. The van der Waals surface area contributed by atoms with Crippen molar-refractivity contribution in [3.63, 3.8) is 0 Å². The van der Waals surface area contributed by atoms with Gasteiger partial charge in [0.2, 0.25) is 0 Å². The SMILES string of the molecule is [2H]c1c([2H])c(-c2ccccc2-c2ccccc2)c([2H])c([2H])c1Br. The Kier molecular flexibility index (Phi) is 2.38. The molecule has 1 heteroatoms. The summed E-state index contributed by atoms with van der Waals surface area (Å²) in [5.74, 6) is 0. The molecule has 19 heavy (non-hydrogen) atoms. The summed E-state index contributed by atoms with van der Waals surface area (Å²) in [6, 6.07) is 17.0. The number of rotatable bonds is 2. The highest BCUT2D eigenvalue weighted by atomic mass is 79.9. The van der Waals surface area contributed by atoms with E-state index >= 15 is 0 Å². The summed E-state index contributed by atoms with van der Waals surface area (Å²) in [5, 5.41) is 0. The van der Waals surface area contributed by atoms with Crippen LogP contribution in [0.25, 0.3) is 22.3 Å². The van der Waals surface area contributed by atoms with Crippen molar-refractivity contribution in [2.24, 2.45) is 0 Å². The summed E-state index contributed by atoms with van der Waals surface area (Å²) in [6.45, 7) is 0. The normalized spacial score (nSPS) is 13.3. The van der Waals surface area contributed by atoms with Gasteiger partial charge in [-0.05, 0) is 34.3 Å². The van der Waals surface area contributed by atoms with Crippen molar-refractivity contribution in [2.45, 2.75) is 0 Å². The number of hydrogen-bond donors (Lipinski definition) is 0. The first kappa shape index (κ1) is 8.34. The Morgan fingerprint density at radius 2 is 1.16 bits per heavy atom. The molecular formula is C18H13Br. The van der Waals surface area contributed by atoms with Gasteiger partial charge in [-0.1, -0.05) is 82.6 Å². The quantitative estimate of drug-likeness (QED) is 0.562. The van der Waals surface area contributed by atoms with Gasteiger partial charge in [0.1, 0.15) is 0 Å². The van der Waals surface area contributed by atoms with E-state index in [4.69, 9.17) is 5.48 Å². The van der Waals surface area contributed by atoms with Gasteiger partial charge in [-0.25, -0.2) is 0 Å². The third-order valence-electron chi connectivity index (χ3n) is 2.88. The summed E-state index contributed by atoms with van der Waals surface area (Å²) in [5.41, 5.74) is 2.88. The van der Waals surface area contributed by atoms with Gasteiger partial charge < -0.3 is 0 Å². The van der Waals surface area contributed by atoms with Gasteiger partial charge in [0.15, 0.2) is 0 Å². The average Bonchev–Trinajstić information content (AvgIpc) is 2.60. The zero-order valence-corrected chi connectivity index (χ0v) is 11.7. The molecule has 0 nitrogen and oxygen atoms in total. The Morgan fingerprint density at radius 3 is 1.79 bits per heavy atom. The van der Waals surface area contributed by atoms with E-state index < -0.39 is 0 Å². The summed E-state index contributed by atoms with van der Waals surface area (Å²) in [7, 11) is 0. The molecule has 0 amide bonds. The largest absolute Gasteiger partial charge is 0.0635 e. The van der Waals surface area contributed by atoms with Gasteiger partial charge in [-0.3, -0.25) is 0 Å². The zero-order chi connectivity index (χ0) is 16.6. The molecule has 0 radical (unpaired) electrons. The molecule has 92 valence electrons. The first-order chi connectivity index (χ1) is 11.0. The lowest BCUT2D eigenvalue weighted by Crippen LogP contribution is -1.84. The molecule has 0 bridgehead atoms. The maximum Gasteiger partial charge on any atom is 0.0635 e. The third kappa shape index (κ3) is 2.61. The van der Waals surface area contributed by atoms with E-state index in [-0.39, 0.29) is 28.6 Å². The van der Waals surface area contributed by atoms with Crippen molar-refractivity contribution >= 4 is 15.9 Å². The highest BCUT2D eigenvalue weighted by Gasteiger charge is 2.05. The Bertz CT molecular complexity index is 847. The van der Waals surface area contributed by atoms with Gasteiger partial charge in [0, 0.05) is 4.47 Å².